The Morgan fingerprint density at radius 1 is 1.25 bits per heavy atom. The van der Waals surface area contributed by atoms with Crippen molar-refractivity contribution in [2.75, 3.05) is 6.61 Å². The second kappa shape index (κ2) is 8.27. The molecule has 0 saturated heterocycles. The van der Waals surface area contributed by atoms with Crippen LogP contribution in [-0.4, -0.2) is 30.1 Å². The van der Waals surface area contributed by atoms with Crippen molar-refractivity contribution >= 4 is 27.8 Å². The number of hydrogen-bond donors (Lipinski definition) is 1. The van der Waals surface area contributed by atoms with Gasteiger partial charge < -0.3 is 14.8 Å². The molecule has 3 rings (SSSR count). The predicted octanol–water partition coefficient (Wildman–Crippen LogP) is 5.34. The van der Waals surface area contributed by atoms with E-state index < -0.39 is 5.60 Å². The van der Waals surface area contributed by atoms with Crippen molar-refractivity contribution in [2.24, 2.45) is 5.92 Å². The van der Waals surface area contributed by atoms with Crippen molar-refractivity contribution in [3.63, 3.8) is 0 Å². The standard InChI is InChI=1S/C22H28BrNO4/c1-13-9-17-19(25)15(12-27-20(17)18(23)10-13)11-14-5-7-16(8-6-14)24-21(26)28-22(2,3)4/h9-11,14,16H,5-8,12H2,1-4H3,(H,24,26)/b15-11+. The van der Waals surface area contributed by atoms with Gasteiger partial charge in [0.05, 0.1) is 10.0 Å². The number of alkyl carbamates (subject to hydrolysis) is 1. The number of allylic oxidation sites excluding steroid dienone is 1. The molecule has 0 spiro atoms. The van der Waals surface area contributed by atoms with Gasteiger partial charge in [0.15, 0.2) is 5.78 Å². The van der Waals surface area contributed by atoms with E-state index >= 15 is 0 Å². The van der Waals surface area contributed by atoms with Crippen LogP contribution in [0.2, 0.25) is 0 Å². The lowest BCUT2D eigenvalue weighted by Crippen LogP contribution is -2.40. The van der Waals surface area contributed by atoms with E-state index in [-0.39, 0.29) is 17.9 Å². The maximum Gasteiger partial charge on any atom is 0.407 e. The Kier molecular flexibility index (Phi) is 6.18. The maximum atomic E-state index is 12.9. The van der Waals surface area contributed by atoms with E-state index in [1.165, 1.54) is 0 Å². The first-order valence-electron chi connectivity index (χ1n) is 9.80. The molecule has 6 heteroatoms. The maximum absolute atomic E-state index is 12.9. The molecule has 1 aliphatic carbocycles. The van der Waals surface area contributed by atoms with Gasteiger partial charge >= 0.3 is 6.09 Å². The third-order valence-electron chi connectivity index (χ3n) is 5.03. The van der Waals surface area contributed by atoms with Gasteiger partial charge in [-0.2, -0.15) is 0 Å². The number of carbonyl (C=O) groups is 2. The molecule has 1 amide bonds. The Hall–Kier alpha value is -1.82. The summed E-state index contributed by atoms with van der Waals surface area (Å²) < 4.78 is 12.0. The van der Waals surface area contributed by atoms with Crippen LogP contribution in [0.1, 0.15) is 62.4 Å². The molecular weight excluding hydrogens is 422 g/mol. The number of rotatable bonds is 2. The van der Waals surface area contributed by atoms with Gasteiger partial charge in [0, 0.05) is 11.6 Å². The zero-order valence-corrected chi connectivity index (χ0v) is 18.5. The molecule has 1 aliphatic heterocycles. The second-order valence-corrected chi connectivity index (χ2v) is 9.55. The Labute approximate surface area is 175 Å². The highest BCUT2D eigenvalue weighted by atomic mass is 79.9. The normalized spacial score (nSPS) is 23.8. The first kappa shape index (κ1) is 20.9. The molecule has 0 aromatic heterocycles. The lowest BCUT2D eigenvalue weighted by atomic mass is 9.84. The summed E-state index contributed by atoms with van der Waals surface area (Å²) in [5, 5.41) is 2.96. The third-order valence-corrected chi connectivity index (χ3v) is 5.61. The number of carbonyl (C=O) groups excluding carboxylic acids is 2. The molecule has 1 N–H and O–H groups in total. The number of nitrogens with one attached hydrogen (secondary N) is 1. The van der Waals surface area contributed by atoms with Crippen molar-refractivity contribution < 1.29 is 19.1 Å². The number of ether oxygens (including phenoxy) is 2. The molecule has 1 heterocycles. The molecule has 0 atom stereocenters. The Balaban J connectivity index is 1.59. The molecule has 0 bridgehead atoms. The Morgan fingerprint density at radius 2 is 1.93 bits per heavy atom. The fourth-order valence-electron chi connectivity index (χ4n) is 3.75. The van der Waals surface area contributed by atoms with Crippen molar-refractivity contribution in [3.05, 3.63) is 39.4 Å². The molecule has 1 aromatic carbocycles. The van der Waals surface area contributed by atoms with Gasteiger partial charge in [0.25, 0.3) is 0 Å². The number of amides is 1. The van der Waals surface area contributed by atoms with Gasteiger partial charge in [0.2, 0.25) is 0 Å². The molecule has 28 heavy (non-hydrogen) atoms. The fraction of sp³-hybridized carbons (Fsp3) is 0.545. The topological polar surface area (TPSA) is 64.6 Å². The van der Waals surface area contributed by atoms with Crippen molar-refractivity contribution in [1.82, 2.24) is 5.32 Å². The fourth-order valence-corrected chi connectivity index (χ4v) is 4.43. The lowest BCUT2D eigenvalue weighted by Gasteiger charge is -2.29. The number of halogens is 1. The summed E-state index contributed by atoms with van der Waals surface area (Å²) in [6, 6.07) is 3.97. The largest absolute Gasteiger partial charge is 0.487 e. The molecule has 1 fully saturated rings. The van der Waals surface area contributed by atoms with Gasteiger partial charge in [-0.1, -0.05) is 6.08 Å². The molecule has 0 radical (unpaired) electrons. The highest BCUT2D eigenvalue weighted by Gasteiger charge is 2.28. The van der Waals surface area contributed by atoms with E-state index in [1.54, 1.807) is 0 Å². The summed E-state index contributed by atoms with van der Waals surface area (Å²) in [5.74, 6) is 1.02. The van der Waals surface area contributed by atoms with Crippen LogP contribution in [0.3, 0.4) is 0 Å². The highest BCUT2D eigenvalue weighted by molar-refractivity contribution is 9.10. The molecule has 1 aromatic rings. The summed E-state index contributed by atoms with van der Waals surface area (Å²) in [4.78, 5) is 24.8. The van der Waals surface area contributed by atoms with Crippen LogP contribution in [-0.2, 0) is 4.74 Å². The predicted molar refractivity (Wildman–Crippen MR) is 112 cm³/mol. The summed E-state index contributed by atoms with van der Waals surface area (Å²) >= 11 is 3.48. The van der Waals surface area contributed by atoms with Crippen LogP contribution in [0.4, 0.5) is 4.79 Å². The quantitative estimate of drug-likeness (QED) is 0.618. The average molecular weight is 450 g/mol. The number of hydrogen-bond acceptors (Lipinski definition) is 4. The van der Waals surface area contributed by atoms with Crippen LogP contribution in [0.5, 0.6) is 5.75 Å². The van der Waals surface area contributed by atoms with E-state index in [2.05, 4.69) is 27.3 Å². The van der Waals surface area contributed by atoms with Gasteiger partial charge in [-0.15, -0.1) is 0 Å². The van der Waals surface area contributed by atoms with Crippen LogP contribution in [0, 0.1) is 12.8 Å². The van der Waals surface area contributed by atoms with Crippen molar-refractivity contribution in [1.29, 1.82) is 0 Å². The Morgan fingerprint density at radius 3 is 2.57 bits per heavy atom. The van der Waals surface area contributed by atoms with E-state index in [0.29, 0.717) is 23.8 Å². The van der Waals surface area contributed by atoms with E-state index in [0.717, 1.165) is 41.3 Å². The minimum atomic E-state index is -0.489. The third kappa shape index (κ3) is 5.16. The van der Waals surface area contributed by atoms with Gasteiger partial charge in [0.1, 0.15) is 18.0 Å². The van der Waals surface area contributed by atoms with Gasteiger partial charge in [-0.05, 0) is 92.9 Å². The van der Waals surface area contributed by atoms with Gasteiger partial charge in [-0.3, -0.25) is 4.79 Å². The van der Waals surface area contributed by atoms with Crippen molar-refractivity contribution in [2.45, 2.75) is 65.0 Å². The minimum Gasteiger partial charge on any atom is -0.487 e. The highest BCUT2D eigenvalue weighted by Crippen LogP contribution is 2.36. The lowest BCUT2D eigenvalue weighted by molar-refractivity contribution is 0.0490. The zero-order chi connectivity index (χ0) is 20.5. The SMILES string of the molecule is Cc1cc(Br)c2c(c1)C(=O)/C(=C/C1CCC(NC(=O)OC(C)(C)C)CC1)CO2. The Bertz CT molecular complexity index is 801. The number of ketones is 1. The molecule has 1 saturated carbocycles. The molecule has 2 aliphatic rings. The van der Waals surface area contributed by atoms with E-state index in [1.807, 2.05) is 39.8 Å². The molecule has 5 nitrogen and oxygen atoms in total. The number of aryl methyl sites for hydroxylation is 1. The van der Waals surface area contributed by atoms with Crippen molar-refractivity contribution in [3.8, 4) is 5.75 Å². The minimum absolute atomic E-state index is 0.0552. The van der Waals surface area contributed by atoms with Crippen LogP contribution in [0.25, 0.3) is 0 Å². The summed E-state index contributed by atoms with van der Waals surface area (Å²) in [7, 11) is 0. The number of fused-ring (bicyclic) bond motifs is 1. The van der Waals surface area contributed by atoms with E-state index in [9.17, 15) is 9.59 Å². The summed E-state index contributed by atoms with van der Waals surface area (Å²) in [5.41, 5.74) is 1.90. The molecular formula is C22H28BrNO4. The van der Waals surface area contributed by atoms with Gasteiger partial charge in [-0.25, -0.2) is 4.79 Å². The summed E-state index contributed by atoms with van der Waals surface area (Å²) in [6.45, 7) is 7.85. The summed E-state index contributed by atoms with van der Waals surface area (Å²) in [6.07, 6.45) is 5.34. The average Bonchev–Trinajstić information content (AvgIpc) is 2.57. The molecule has 0 unspecified atom stereocenters. The van der Waals surface area contributed by atoms with E-state index in [4.69, 9.17) is 9.47 Å². The molecule has 152 valence electrons. The number of Topliss-reactive ketones (excluding diaryl/α,β-unsaturated/α-hetero) is 1. The number of benzene rings is 1. The van der Waals surface area contributed by atoms with Crippen LogP contribution < -0.4 is 10.1 Å². The monoisotopic (exact) mass is 449 g/mol. The first-order chi connectivity index (χ1) is 13.1. The first-order valence-corrected chi connectivity index (χ1v) is 10.6. The zero-order valence-electron chi connectivity index (χ0n) is 16.9. The van der Waals surface area contributed by atoms with Crippen LogP contribution >= 0.6 is 15.9 Å². The smallest absolute Gasteiger partial charge is 0.407 e. The van der Waals surface area contributed by atoms with Crippen LogP contribution in [0.15, 0.2) is 28.3 Å². The second-order valence-electron chi connectivity index (χ2n) is 8.69.